The summed E-state index contributed by atoms with van der Waals surface area (Å²) in [6.45, 7) is 9.68. The SMILES string of the molecule is CC(C)N1CCN2CCO[C@@H](CO)[C@@H]2C1. The Morgan fingerprint density at radius 1 is 1.33 bits per heavy atom. The zero-order valence-corrected chi connectivity index (χ0v) is 9.72. The van der Waals surface area contributed by atoms with Crippen molar-refractivity contribution in [3.63, 3.8) is 0 Å². The fraction of sp³-hybridized carbons (Fsp3) is 1.00. The van der Waals surface area contributed by atoms with Crippen LogP contribution in [-0.4, -0.2) is 72.5 Å². The second-order valence-corrected chi connectivity index (χ2v) is 4.78. The summed E-state index contributed by atoms with van der Waals surface area (Å²) in [6.07, 6.45) is 0.0142. The van der Waals surface area contributed by atoms with Gasteiger partial charge in [0.05, 0.1) is 25.4 Å². The van der Waals surface area contributed by atoms with Crippen LogP contribution in [0.3, 0.4) is 0 Å². The highest BCUT2D eigenvalue weighted by Gasteiger charge is 2.36. The number of piperazine rings is 1. The van der Waals surface area contributed by atoms with Crippen molar-refractivity contribution in [1.82, 2.24) is 9.80 Å². The summed E-state index contributed by atoms with van der Waals surface area (Å²) < 4.78 is 5.61. The van der Waals surface area contributed by atoms with E-state index in [0.29, 0.717) is 12.1 Å². The van der Waals surface area contributed by atoms with E-state index in [1.807, 2.05) is 0 Å². The van der Waals surface area contributed by atoms with Crippen molar-refractivity contribution in [2.24, 2.45) is 0 Å². The minimum absolute atomic E-state index is 0.0142. The van der Waals surface area contributed by atoms with Gasteiger partial charge in [-0.2, -0.15) is 0 Å². The average molecular weight is 214 g/mol. The van der Waals surface area contributed by atoms with Crippen molar-refractivity contribution in [1.29, 1.82) is 0 Å². The third-order valence-electron chi connectivity index (χ3n) is 3.61. The number of aliphatic hydroxyl groups is 1. The fourth-order valence-electron chi connectivity index (χ4n) is 2.58. The second-order valence-electron chi connectivity index (χ2n) is 4.78. The molecule has 0 spiro atoms. The molecule has 2 saturated heterocycles. The lowest BCUT2D eigenvalue weighted by Gasteiger charge is -2.48. The molecule has 2 fully saturated rings. The topological polar surface area (TPSA) is 35.9 Å². The number of rotatable bonds is 2. The summed E-state index contributed by atoms with van der Waals surface area (Å²) in [5.74, 6) is 0. The number of morpholine rings is 1. The van der Waals surface area contributed by atoms with Crippen LogP contribution in [0.2, 0.25) is 0 Å². The predicted octanol–water partition coefficient (Wildman–Crippen LogP) is -0.228. The maximum absolute atomic E-state index is 9.28. The number of hydrogen-bond donors (Lipinski definition) is 1. The van der Waals surface area contributed by atoms with Gasteiger partial charge in [-0.25, -0.2) is 0 Å². The van der Waals surface area contributed by atoms with Crippen molar-refractivity contribution >= 4 is 0 Å². The molecule has 0 aromatic carbocycles. The maximum Gasteiger partial charge on any atom is 0.0973 e. The molecular formula is C11H22N2O2. The third-order valence-corrected chi connectivity index (χ3v) is 3.61. The highest BCUT2D eigenvalue weighted by atomic mass is 16.5. The Labute approximate surface area is 91.8 Å². The number of ether oxygens (including phenoxy) is 1. The Morgan fingerprint density at radius 3 is 2.80 bits per heavy atom. The molecule has 2 rings (SSSR count). The first-order chi connectivity index (χ1) is 7.22. The molecule has 4 heteroatoms. The van der Waals surface area contributed by atoms with Crippen LogP contribution < -0.4 is 0 Å². The normalized spacial score (nSPS) is 34.4. The van der Waals surface area contributed by atoms with Gasteiger partial charge in [-0.05, 0) is 13.8 Å². The van der Waals surface area contributed by atoms with Gasteiger partial charge in [-0.3, -0.25) is 9.80 Å². The molecule has 88 valence electrons. The van der Waals surface area contributed by atoms with Crippen LogP contribution in [0.5, 0.6) is 0 Å². The molecule has 0 radical (unpaired) electrons. The molecule has 0 saturated carbocycles. The van der Waals surface area contributed by atoms with Gasteiger partial charge in [0.2, 0.25) is 0 Å². The largest absolute Gasteiger partial charge is 0.394 e. The Morgan fingerprint density at radius 2 is 2.13 bits per heavy atom. The summed E-state index contributed by atoms with van der Waals surface area (Å²) in [4.78, 5) is 4.93. The first kappa shape index (κ1) is 11.3. The van der Waals surface area contributed by atoms with Gasteiger partial charge in [0.15, 0.2) is 0 Å². The summed E-state index contributed by atoms with van der Waals surface area (Å²) in [6, 6.07) is 0.980. The van der Waals surface area contributed by atoms with Gasteiger partial charge in [0.1, 0.15) is 0 Å². The summed E-state index contributed by atoms with van der Waals surface area (Å²) >= 11 is 0. The lowest BCUT2D eigenvalue weighted by Crippen LogP contribution is -2.63. The molecule has 2 heterocycles. The molecular weight excluding hydrogens is 192 g/mol. The monoisotopic (exact) mass is 214 g/mol. The van der Waals surface area contributed by atoms with E-state index in [1.165, 1.54) is 0 Å². The van der Waals surface area contributed by atoms with Crippen molar-refractivity contribution in [2.75, 3.05) is 39.4 Å². The Balaban J connectivity index is 2.00. The van der Waals surface area contributed by atoms with Crippen molar-refractivity contribution in [3.05, 3.63) is 0 Å². The fourth-order valence-corrected chi connectivity index (χ4v) is 2.58. The molecule has 0 bridgehead atoms. The minimum Gasteiger partial charge on any atom is -0.394 e. The lowest BCUT2D eigenvalue weighted by molar-refractivity contribution is -0.117. The maximum atomic E-state index is 9.28. The predicted molar refractivity (Wildman–Crippen MR) is 58.9 cm³/mol. The smallest absolute Gasteiger partial charge is 0.0973 e. The van der Waals surface area contributed by atoms with Crippen LogP contribution in [0.15, 0.2) is 0 Å². The molecule has 0 amide bonds. The molecule has 0 aliphatic carbocycles. The van der Waals surface area contributed by atoms with Gasteiger partial charge < -0.3 is 9.84 Å². The standard InChI is InChI=1S/C11H22N2O2/c1-9(2)13-4-3-12-5-6-15-11(8-14)10(12)7-13/h9-11,14H,3-8H2,1-2H3/t10-,11-/m0/s1. The molecule has 0 aromatic rings. The van der Waals surface area contributed by atoms with Crippen LogP contribution in [0.4, 0.5) is 0 Å². The summed E-state index contributed by atoms with van der Waals surface area (Å²) in [5, 5.41) is 9.28. The van der Waals surface area contributed by atoms with Gasteiger partial charge >= 0.3 is 0 Å². The van der Waals surface area contributed by atoms with E-state index < -0.39 is 0 Å². The minimum atomic E-state index is 0.0142. The quantitative estimate of drug-likeness (QED) is 0.689. The van der Waals surface area contributed by atoms with Gasteiger partial charge in [-0.1, -0.05) is 0 Å². The highest BCUT2D eigenvalue weighted by molar-refractivity contribution is 4.91. The van der Waals surface area contributed by atoms with Crippen LogP contribution in [0.25, 0.3) is 0 Å². The number of fused-ring (bicyclic) bond motifs is 1. The van der Waals surface area contributed by atoms with E-state index in [4.69, 9.17) is 4.74 Å². The van der Waals surface area contributed by atoms with E-state index in [1.54, 1.807) is 0 Å². The second kappa shape index (κ2) is 4.78. The summed E-state index contributed by atoms with van der Waals surface area (Å²) in [5.41, 5.74) is 0. The van der Waals surface area contributed by atoms with E-state index in [-0.39, 0.29) is 12.7 Å². The third kappa shape index (κ3) is 2.33. The van der Waals surface area contributed by atoms with E-state index in [0.717, 1.165) is 32.8 Å². The van der Waals surface area contributed by atoms with Crippen molar-refractivity contribution in [2.45, 2.75) is 32.0 Å². The molecule has 4 nitrogen and oxygen atoms in total. The zero-order valence-electron chi connectivity index (χ0n) is 9.72. The van der Waals surface area contributed by atoms with E-state index in [2.05, 4.69) is 23.6 Å². The van der Waals surface area contributed by atoms with Crippen LogP contribution in [0, 0.1) is 0 Å². The zero-order chi connectivity index (χ0) is 10.8. The highest BCUT2D eigenvalue weighted by Crippen LogP contribution is 2.20. The van der Waals surface area contributed by atoms with Crippen molar-refractivity contribution in [3.8, 4) is 0 Å². The van der Waals surface area contributed by atoms with E-state index >= 15 is 0 Å². The lowest BCUT2D eigenvalue weighted by atomic mass is 10.0. The molecule has 2 aliphatic rings. The molecule has 1 N–H and O–H groups in total. The van der Waals surface area contributed by atoms with Crippen LogP contribution in [-0.2, 0) is 4.74 Å². The average Bonchev–Trinajstić information content (AvgIpc) is 2.27. The Hall–Kier alpha value is -0.160. The Bertz CT molecular complexity index is 205. The van der Waals surface area contributed by atoms with Crippen molar-refractivity contribution < 1.29 is 9.84 Å². The number of aliphatic hydroxyl groups excluding tert-OH is 1. The van der Waals surface area contributed by atoms with Gasteiger partial charge in [0.25, 0.3) is 0 Å². The van der Waals surface area contributed by atoms with E-state index in [9.17, 15) is 5.11 Å². The molecule has 2 aliphatic heterocycles. The molecule has 2 atom stereocenters. The molecule has 0 aromatic heterocycles. The van der Waals surface area contributed by atoms with Gasteiger partial charge in [0, 0.05) is 32.2 Å². The Kier molecular flexibility index (Phi) is 3.61. The van der Waals surface area contributed by atoms with Crippen LogP contribution >= 0.6 is 0 Å². The molecule has 15 heavy (non-hydrogen) atoms. The summed E-state index contributed by atoms with van der Waals surface area (Å²) in [7, 11) is 0. The van der Waals surface area contributed by atoms with Gasteiger partial charge in [-0.15, -0.1) is 0 Å². The first-order valence-electron chi connectivity index (χ1n) is 5.93. The molecule has 0 unspecified atom stereocenters. The number of nitrogens with zero attached hydrogens (tertiary/aromatic N) is 2. The number of hydrogen-bond acceptors (Lipinski definition) is 4. The first-order valence-corrected chi connectivity index (χ1v) is 5.93. The van der Waals surface area contributed by atoms with Crippen LogP contribution in [0.1, 0.15) is 13.8 Å².